The molecule has 3 rings (SSSR count). The quantitative estimate of drug-likeness (QED) is 0.738. The number of hydrogen-bond donors (Lipinski definition) is 1. The molecule has 3 heterocycles. The summed E-state index contributed by atoms with van der Waals surface area (Å²) in [6.07, 6.45) is 1.61. The number of hydrogen-bond acceptors (Lipinski definition) is 3. The van der Waals surface area contributed by atoms with Gasteiger partial charge in [0.2, 0.25) is 0 Å². The average molecular weight is 318 g/mol. The fourth-order valence-corrected chi connectivity index (χ4v) is 2.44. The van der Waals surface area contributed by atoms with E-state index in [1.165, 1.54) is 0 Å². The second-order valence-corrected chi connectivity index (χ2v) is 4.68. The Balaban J connectivity index is 2.40. The van der Waals surface area contributed by atoms with Gasteiger partial charge in [-0.05, 0) is 40.2 Å². The van der Waals surface area contributed by atoms with Crippen molar-refractivity contribution in [2.24, 2.45) is 0 Å². The summed E-state index contributed by atoms with van der Waals surface area (Å²) in [6.45, 7) is 0. The van der Waals surface area contributed by atoms with Crippen LogP contribution in [0.1, 0.15) is 10.5 Å². The van der Waals surface area contributed by atoms with Gasteiger partial charge in [0.25, 0.3) is 0 Å². The predicted molar refractivity (Wildman–Crippen MR) is 73.1 cm³/mol. The number of carboxylic acid groups (broad SMARTS) is 1. The highest BCUT2D eigenvalue weighted by atomic mass is 79.9. The molecule has 0 bridgehead atoms. The summed E-state index contributed by atoms with van der Waals surface area (Å²) < 4.78 is 2.18. The maximum Gasteiger partial charge on any atom is 0.355 e. The molecular formula is C13H8BrN3O2. The highest BCUT2D eigenvalue weighted by Gasteiger charge is 2.21. The zero-order valence-corrected chi connectivity index (χ0v) is 11.2. The van der Waals surface area contributed by atoms with Gasteiger partial charge in [-0.2, -0.15) is 0 Å². The van der Waals surface area contributed by atoms with E-state index in [1.807, 2.05) is 0 Å². The lowest BCUT2D eigenvalue weighted by molar-refractivity contribution is 0.0690. The third-order valence-electron chi connectivity index (χ3n) is 2.71. The van der Waals surface area contributed by atoms with E-state index >= 15 is 0 Å². The molecule has 19 heavy (non-hydrogen) atoms. The van der Waals surface area contributed by atoms with Crippen molar-refractivity contribution in [2.75, 3.05) is 0 Å². The molecule has 0 saturated heterocycles. The van der Waals surface area contributed by atoms with Crippen LogP contribution in [0.5, 0.6) is 0 Å². The van der Waals surface area contributed by atoms with E-state index in [0.29, 0.717) is 21.6 Å². The third kappa shape index (κ3) is 1.90. The average Bonchev–Trinajstić information content (AvgIpc) is 2.81. The molecule has 0 saturated carbocycles. The lowest BCUT2D eigenvalue weighted by atomic mass is 10.2. The minimum absolute atomic E-state index is 0.0983. The predicted octanol–water partition coefficient (Wildman–Crippen LogP) is 2.86. The van der Waals surface area contributed by atoms with E-state index in [9.17, 15) is 9.90 Å². The Morgan fingerprint density at radius 1 is 1.21 bits per heavy atom. The zero-order chi connectivity index (χ0) is 13.4. The number of halogens is 1. The van der Waals surface area contributed by atoms with E-state index in [-0.39, 0.29) is 5.69 Å². The normalized spacial score (nSPS) is 10.8. The fourth-order valence-electron chi connectivity index (χ4n) is 1.93. The second-order valence-electron chi connectivity index (χ2n) is 3.87. The lowest BCUT2D eigenvalue weighted by Gasteiger charge is -2.01. The number of nitrogens with zero attached hydrogens (tertiary/aromatic N) is 3. The number of carboxylic acids is 1. The highest BCUT2D eigenvalue weighted by Crippen LogP contribution is 2.25. The van der Waals surface area contributed by atoms with Gasteiger partial charge >= 0.3 is 5.97 Å². The molecule has 3 aromatic heterocycles. The molecule has 94 valence electrons. The lowest BCUT2D eigenvalue weighted by Crippen LogP contribution is -2.04. The molecule has 0 aromatic carbocycles. The topological polar surface area (TPSA) is 67.5 Å². The van der Waals surface area contributed by atoms with Crippen LogP contribution in [0, 0.1) is 0 Å². The van der Waals surface area contributed by atoms with Crippen LogP contribution in [-0.4, -0.2) is 25.4 Å². The van der Waals surface area contributed by atoms with Crippen LogP contribution in [-0.2, 0) is 0 Å². The Bertz CT molecular complexity index is 768. The number of aromatic nitrogens is 3. The van der Waals surface area contributed by atoms with Crippen LogP contribution in [0.4, 0.5) is 0 Å². The van der Waals surface area contributed by atoms with Gasteiger partial charge in [-0.1, -0.05) is 12.1 Å². The molecule has 0 unspecified atom stereocenters. The van der Waals surface area contributed by atoms with Crippen molar-refractivity contribution in [1.29, 1.82) is 0 Å². The molecule has 0 amide bonds. The first-order valence-electron chi connectivity index (χ1n) is 5.50. The molecule has 1 N–H and O–H groups in total. The van der Waals surface area contributed by atoms with E-state index in [0.717, 1.165) is 0 Å². The standard InChI is InChI=1S/C13H8BrN3O2/c14-9-5-3-6-10-16-11(8-4-1-2-7-15-8)12(13(18)19)17(9)10/h1-7H,(H,18,19). The minimum atomic E-state index is -1.04. The van der Waals surface area contributed by atoms with Gasteiger partial charge in [0.05, 0.1) is 10.3 Å². The van der Waals surface area contributed by atoms with Crippen molar-refractivity contribution in [1.82, 2.24) is 14.4 Å². The molecule has 6 heteroatoms. The zero-order valence-electron chi connectivity index (χ0n) is 9.62. The van der Waals surface area contributed by atoms with Gasteiger partial charge in [0, 0.05) is 6.20 Å². The van der Waals surface area contributed by atoms with Crippen LogP contribution in [0.25, 0.3) is 17.0 Å². The van der Waals surface area contributed by atoms with Crippen LogP contribution in [0.3, 0.4) is 0 Å². The van der Waals surface area contributed by atoms with Gasteiger partial charge < -0.3 is 5.11 Å². The molecule has 0 aliphatic carbocycles. The second kappa shape index (κ2) is 4.47. The fraction of sp³-hybridized carbons (Fsp3) is 0. The van der Waals surface area contributed by atoms with E-state index in [4.69, 9.17) is 0 Å². The Kier molecular flexibility index (Phi) is 2.79. The van der Waals surface area contributed by atoms with E-state index in [2.05, 4.69) is 25.9 Å². The number of carbonyl (C=O) groups is 1. The molecule has 0 radical (unpaired) electrons. The summed E-state index contributed by atoms with van der Waals surface area (Å²) in [6, 6.07) is 10.6. The number of rotatable bonds is 2. The SMILES string of the molecule is O=C(O)c1c(-c2ccccn2)nc2cccc(Br)n12. The first kappa shape index (κ1) is 11.9. The summed E-state index contributed by atoms with van der Waals surface area (Å²) >= 11 is 3.34. The molecular weight excluding hydrogens is 310 g/mol. The largest absolute Gasteiger partial charge is 0.476 e. The molecule has 0 atom stereocenters. The van der Waals surface area contributed by atoms with Crippen LogP contribution >= 0.6 is 15.9 Å². The Labute approximate surface area is 116 Å². The third-order valence-corrected chi connectivity index (χ3v) is 3.33. The van der Waals surface area contributed by atoms with Crippen molar-refractivity contribution in [3.63, 3.8) is 0 Å². The number of fused-ring (bicyclic) bond motifs is 1. The molecule has 0 spiro atoms. The van der Waals surface area contributed by atoms with Gasteiger partial charge in [-0.25, -0.2) is 9.78 Å². The summed E-state index contributed by atoms with van der Waals surface area (Å²) in [5.41, 5.74) is 1.56. The molecule has 3 aromatic rings. The minimum Gasteiger partial charge on any atom is -0.476 e. The maximum absolute atomic E-state index is 11.5. The van der Waals surface area contributed by atoms with E-state index < -0.39 is 5.97 Å². The number of imidazole rings is 1. The first-order valence-corrected chi connectivity index (χ1v) is 6.29. The van der Waals surface area contributed by atoms with Crippen LogP contribution in [0.15, 0.2) is 47.2 Å². The van der Waals surface area contributed by atoms with Crippen molar-refractivity contribution in [3.05, 3.63) is 52.9 Å². The van der Waals surface area contributed by atoms with Crippen molar-refractivity contribution < 1.29 is 9.90 Å². The maximum atomic E-state index is 11.5. The number of pyridine rings is 2. The Hall–Kier alpha value is -2.21. The van der Waals surface area contributed by atoms with Gasteiger partial charge in [-0.15, -0.1) is 0 Å². The summed E-state index contributed by atoms with van der Waals surface area (Å²) in [7, 11) is 0. The van der Waals surface area contributed by atoms with Crippen LogP contribution < -0.4 is 0 Å². The summed E-state index contributed by atoms with van der Waals surface area (Å²) in [5, 5.41) is 9.43. The summed E-state index contributed by atoms with van der Waals surface area (Å²) in [4.78, 5) is 20.0. The highest BCUT2D eigenvalue weighted by molar-refractivity contribution is 9.10. The van der Waals surface area contributed by atoms with Crippen LogP contribution in [0.2, 0.25) is 0 Å². The molecule has 5 nitrogen and oxygen atoms in total. The van der Waals surface area contributed by atoms with Crippen molar-refractivity contribution in [2.45, 2.75) is 0 Å². The van der Waals surface area contributed by atoms with E-state index in [1.54, 1.807) is 47.0 Å². The molecule has 0 aliphatic rings. The van der Waals surface area contributed by atoms with Crippen molar-refractivity contribution >= 4 is 27.5 Å². The Morgan fingerprint density at radius 2 is 2.05 bits per heavy atom. The summed E-state index contributed by atoms with van der Waals surface area (Å²) in [5.74, 6) is -1.04. The van der Waals surface area contributed by atoms with Gasteiger partial charge in [0.15, 0.2) is 5.69 Å². The molecule has 0 fully saturated rings. The number of aromatic carboxylic acids is 1. The van der Waals surface area contributed by atoms with Crippen molar-refractivity contribution in [3.8, 4) is 11.4 Å². The van der Waals surface area contributed by atoms with Gasteiger partial charge in [-0.3, -0.25) is 9.38 Å². The van der Waals surface area contributed by atoms with Gasteiger partial charge in [0.1, 0.15) is 11.3 Å². The smallest absolute Gasteiger partial charge is 0.355 e. The first-order chi connectivity index (χ1) is 9.18. The monoisotopic (exact) mass is 317 g/mol. The Morgan fingerprint density at radius 3 is 2.74 bits per heavy atom. The molecule has 0 aliphatic heterocycles.